The van der Waals surface area contributed by atoms with Crippen LogP contribution in [0.1, 0.15) is 37.6 Å². The minimum Gasteiger partial charge on any atom is -0.367 e. The number of nitro benzene ring substituents is 1. The first kappa shape index (κ1) is 23.9. The van der Waals surface area contributed by atoms with Crippen molar-refractivity contribution in [2.75, 3.05) is 37.6 Å². The number of halogens is 1. The highest BCUT2D eigenvalue weighted by molar-refractivity contribution is 5.48. The Labute approximate surface area is 199 Å². The van der Waals surface area contributed by atoms with Gasteiger partial charge < -0.3 is 4.90 Å². The summed E-state index contributed by atoms with van der Waals surface area (Å²) < 4.78 is 16.0. The number of hydrogen-bond donors (Lipinski definition) is 0. The van der Waals surface area contributed by atoms with E-state index in [0.29, 0.717) is 5.69 Å². The van der Waals surface area contributed by atoms with Crippen molar-refractivity contribution in [1.82, 2.24) is 14.7 Å². The maximum absolute atomic E-state index is 14.1. The number of piperazine rings is 1. The monoisotopic (exact) mass is 465 g/mol. The zero-order valence-corrected chi connectivity index (χ0v) is 19.7. The Balaban J connectivity index is 1.38. The lowest BCUT2D eigenvalue weighted by Crippen LogP contribution is -2.47. The largest absolute Gasteiger partial charge is 0.367 e. The molecule has 0 saturated carbocycles. The SMILES string of the molecule is CCCCc1cc(CCCN2CCN(c3ccccc3F)CC2)n(-c2cccc([N+](=O)[O-])c2)n1. The Hall–Kier alpha value is -3.26. The molecule has 0 unspecified atom stereocenters. The Morgan fingerprint density at radius 2 is 1.79 bits per heavy atom. The molecule has 0 aliphatic carbocycles. The van der Waals surface area contributed by atoms with Gasteiger partial charge in [0.25, 0.3) is 5.69 Å². The average Bonchev–Trinajstić information content (AvgIpc) is 3.26. The standard InChI is InChI=1S/C26H32FN5O2/c1-2-3-8-21-19-22(31(28-21)23-9-6-10-24(20-23)32(33)34)11-7-14-29-15-17-30(18-16-29)26-13-5-4-12-25(26)27/h4-6,9-10,12-13,19-20H,2-3,7-8,11,14-18H2,1H3. The van der Waals surface area contributed by atoms with Gasteiger partial charge in [0.1, 0.15) is 5.82 Å². The van der Waals surface area contributed by atoms with Crippen LogP contribution in [-0.4, -0.2) is 52.3 Å². The van der Waals surface area contributed by atoms with E-state index >= 15 is 0 Å². The summed E-state index contributed by atoms with van der Waals surface area (Å²) >= 11 is 0. The number of rotatable bonds is 10. The number of unbranched alkanes of at least 4 members (excludes halogenated alkanes) is 1. The molecular formula is C26H32FN5O2. The third-order valence-electron chi connectivity index (χ3n) is 6.38. The fourth-order valence-corrected chi connectivity index (χ4v) is 4.50. The van der Waals surface area contributed by atoms with E-state index in [1.807, 2.05) is 22.9 Å². The van der Waals surface area contributed by atoms with Crippen LogP contribution in [-0.2, 0) is 12.8 Å². The number of hydrogen-bond acceptors (Lipinski definition) is 5. The van der Waals surface area contributed by atoms with E-state index in [0.717, 1.165) is 81.9 Å². The van der Waals surface area contributed by atoms with Gasteiger partial charge in [0.05, 0.1) is 22.0 Å². The molecule has 34 heavy (non-hydrogen) atoms. The summed E-state index contributed by atoms with van der Waals surface area (Å²) in [6.07, 6.45) is 4.88. The van der Waals surface area contributed by atoms with Crippen molar-refractivity contribution >= 4 is 11.4 Å². The number of aromatic nitrogens is 2. The number of non-ortho nitro benzene ring substituents is 1. The topological polar surface area (TPSA) is 67.4 Å². The lowest BCUT2D eigenvalue weighted by molar-refractivity contribution is -0.384. The fourth-order valence-electron chi connectivity index (χ4n) is 4.50. The maximum atomic E-state index is 14.1. The molecule has 7 nitrogen and oxygen atoms in total. The average molecular weight is 466 g/mol. The number of nitro groups is 1. The van der Waals surface area contributed by atoms with Crippen LogP contribution < -0.4 is 4.90 Å². The van der Waals surface area contributed by atoms with Crippen LogP contribution in [0.3, 0.4) is 0 Å². The first-order valence-electron chi connectivity index (χ1n) is 12.1. The molecule has 1 fully saturated rings. The zero-order chi connectivity index (χ0) is 23.9. The van der Waals surface area contributed by atoms with Gasteiger partial charge in [-0.3, -0.25) is 15.0 Å². The van der Waals surface area contributed by atoms with Crippen molar-refractivity contribution < 1.29 is 9.31 Å². The van der Waals surface area contributed by atoms with Gasteiger partial charge in [0, 0.05) is 44.0 Å². The lowest BCUT2D eigenvalue weighted by Gasteiger charge is -2.36. The second kappa shape index (κ2) is 11.2. The Bertz CT molecular complexity index is 1110. The summed E-state index contributed by atoms with van der Waals surface area (Å²) in [7, 11) is 0. The van der Waals surface area contributed by atoms with Crippen LogP contribution >= 0.6 is 0 Å². The van der Waals surface area contributed by atoms with Crippen molar-refractivity contribution in [2.45, 2.75) is 39.0 Å². The van der Waals surface area contributed by atoms with Crippen molar-refractivity contribution in [3.05, 3.63) is 81.9 Å². The second-order valence-electron chi connectivity index (χ2n) is 8.80. The number of aryl methyl sites for hydroxylation is 2. The van der Waals surface area contributed by atoms with E-state index in [1.54, 1.807) is 18.2 Å². The molecule has 8 heteroatoms. The van der Waals surface area contributed by atoms with E-state index in [2.05, 4.69) is 22.8 Å². The molecule has 0 spiro atoms. The van der Waals surface area contributed by atoms with E-state index in [9.17, 15) is 14.5 Å². The van der Waals surface area contributed by atoms with Gasteiger partial charge in [-0.05, 0) is 56.5 Å². The highest BCUT2D eigenvalue weighted by Gasteiger charge is 2.19. The summed E-state index contributed by atoms with van der Waals surface area (Å²) in [5.74, 6) is -0.163. The third-order valence-corrected chi connectivity index (χ3v) is 6.38. The molecule has 0 amide bonds. The van der Waals surface area contributed by atoms with Crippen molar-refractivity contribution in [2.24, 2.45) is 0 Å². The van der Waals surface area contributed by atoms with Crippen LogP contribution in [0.25, 0.3) is 5.69 Å². The quantitative estimate of drug-likeness (QED) is 0.311. The summed E-state index contributed by atoms with van der Waals surface area (Å²) in [6, 6.07) is 15.8. The highest BCUT2D eigenvalue weighted by atomic mass is 19.1. The lowest BCUT2D eigenvalue weighted by atomic mass is 10.1. The molecule has 1 saturated heterocycles. The molecule has 1 aliphatic heterocycles. The van der Waals surface area contributed by atoms with Crippen molar-refractivity contribution in [3.8, 4) is 5.69 Å². The predicted octanol–water partition coefficient (Wildman–Crippen LogP) is 5.02. The van der Waals surface area contributed by atoms with Gasteiger partial charge in [0.15, 0.2) is 0 Å². The first-order valence-corrected chi connectivity index (χ1v) is 12.1. The van der Waals surface area contributed by atoms with Gasteiger partial charge in [-0.15, -0.1) is 0 Å². The van der Waals surface area contributed by atoms with E-state index in [4.69, 9.17) is 5.10 Å². The Morgan fingerprint density at radius 1 is 1.00 bits per heavy atom. The normalized spacial score (nSPS) is 14.5. The number of anilines is 1. The summed E-state index contributed by atoms with van der Waals surface area (Å²) in [5.41, 5.74) is 3.59. The van der Waals surface area contributed by atoms with Gasteiger partial charge in [-0.2, -0.15) is 5.10 Å². The third kappa shape index (κ3) is 5.80. The molecule has 1 aliphatic rings. The smallest absolute Gasteiger partial charge is 0.271 e. The predicted molar refractivity (Wildman–Crippen MR) is 132 cm³/mol. The van der Waals surface area contributed by atoms with Crippen molar-refractivity contribution in [1.29, 1.82) is 0 Å². The minimum atomic E-state index is -0.369. The minimum absolute atomic E-state index is 0.0711. The highest BCUT2D eigenvalue weighted by Crippen LogP contribution is 2.22. The van der Waals surface area contributed by atoms with Gasteiger partial charge >= 0.3 is 0 Å². The van der Waals surface area contributed by atoms with E-state index in [1.165, 1.54) is 12.1 Å². The fraction of sp³-hybridized carbons (Fsp3) is 0.423. The molecule has 0 atom stereocenters. The molecular weight excluding hydrogens is 433 g/mol. The molecule has 2 aromatic carbocycles. The summed E-state index contributed by atoms with van der Waals surface area (Å²) in [4.78, 5) is 15.4. The molecule has 180 valence electrons. The zero-order valence-electron chi connectivity index (χ0n) is 19.7. The van der Waals surface area contributed by atoms with Crippen molar-refractivity contribution in [3.63, 3.8) is 0 Å². The van der Waals surface area contributed by atoms with Crippen LogP contribution in [0.15, 0.2) is 54.6 Å². The number of benzene rings is 2. The Kier molecular flexibility index (Phi) is 7.90. The van der Waals surface area contributed by atoms with Gasteiger partial charge in [-0.25, -0.2) is 9.07 Å². The maximum Gasteiger partial charge on any atom is 0.271 e. The Morgan fingerprint density at radius 3 is 2.53 bits per heavy atom. The van der Waals surface area contributed by atoms with E-state index in [-0.39, 0.29) is 16.4 Å². The summed E-state index contributed by atoms with van der Waals surface area (Å²) in [6.45, 7) is 6.54. The molecule has 2 heterocycles. The molecule has 0 radical (unpaired) electrons. The number of nitrogens with zero attached hydrogens (tertiary/aromatic N) is 5. The van der Waals surface area contributed by atoms with Crippen LogP contribution in [0.4, 0.5) is 15.8 Å². The van der Waals surface area contributed by atoms with Gasteiger partial charge in [0.2, 0.25) is 0 Å². The molecule has 4 rings (SSSR count). The second-order valence-corrected chi connectivity index (χ2v) is 8.80. The van der Waals surface area contributed by atoms with Crippen LogP contribution in [0.5, 0.6) is 0 Å². The van der Waals surface area contributed by atoms with Gasteiger partial charge in [-0.1, -0.05) is 31.5 Å². The van der Waals surface area contributed by atoms with Crippen LogP contribution in [0.2, 0.25) is 0 Å². The first-order chi connectivity index (χ1) is 16.5. The molecule has 3 aromatic rings. The van der Waals surface area contributed by atoms with Crippen LogP contribution in [0, 0.1) is 15.9 Å². The molecule has 0 N–H and O–H groups in total. The molecule has 1 aromatic heterocycles. The number of para-hydroxylation sites is 1. The summed E-state index contributed by atoms with van der Waals surface area (Å²) in [5, 5.41) is 16.0. The molecule has 0 bridgehead atoms. The van der Waals surface area contributed by atoms with E-state index < -0.39 is 0 Å².